The van der Waals surface area contributed by atoms with Gasteiger partial charge in [0.15, 0.2) is 5.58 Å². The molecule has 2 aromatic carbocycles. The first kappa shape index (κ1) is 19.5. The van der Waals surface area contributed by atoms with E-state index < -0.39 is 0 Å². The number of piperidine rings is 1. The lowest BCUT2D eigenvalue weighted by Crippen LogP contribution is -2.42. The minimum atomic E-state index is 0.0300. The maximum Gasteiger partial charge on any atom is 0.295 e. The van der Waals surface area contributed by atoms with E-state index in [1.54, 1.807) is 11.3 Å². The van der Waals surface area contributed by atoms with Gasteiger partial charge in [-0.15, -0.1) is 11.3 Å². The Morgan fingerprint density at radius 1 is 1.19 bits per heavy atom. The van der Waals surface area contributed by atoms with Gasteiger partial charge in [0, 0.05) is 13.1 Å². The number of oxazole rings is 1. The molecule has 1 amide bonds. The van der Waals surface area contributed by atoms with E-state index in [1.165, 1.54) is 12.0 Å². The molecule has 3 atom stereocenters. The third kappa shape index (κ3) is 3.37. The fraction of sp³-hybridized carbons (Fsp3) is 0.320. The number of fused-ring (bicyclic) bond motifs is 2. The number of carbonyl (C=O) groups is 1. The molecule has 3 heterocycles. The number of hydrogen-bond donors (Lipinski definition) is 1. The number of amides is 1. The van der Waals surface area contributed by atoms with Crippen molar-refractivity contribution < 1.29 is 9.21 Å². The average Bonchev–Trinajstić information content (AvgIpc) is 3.11. The molecule has 6 nitrogen and oxygen atoms in total. The molecule has 1 aliphatic carbocycles. The van der Waals surface area contributed by atoms with Crippen LogP contribution in [0.2, 0.25) is 0 Å². The van der Waals surface area contributed by atoms with Crippen LogP contribution in [0.25, 0.3) is 21.5 Å². The largest absolute Gasteiger partial charge is 0.424 e. The van der Waals surface area contributed by atoms with Crippen LogP contribution in [-0.2, 0) is 0 Å². The Morgan fingerprint density at radius 3 is 2.91 bits per heavy atom. The minimum Gasteiger partial charge on any atom is -0.424 e. The zero-order chi connectivity index (χ0) is 21.8. The summed E-state index contributed by atoms with van der Waals surface area (Å²) in [6, 6.07) is 16.6. The summed E-state index contributed by atoms with van der Waals surface area (Å²) >= 11 is 1.59. The second-order valence-corrected chi connectivity index (χ2v) is 10.0. The Labute approximate surface area is 190 Å². The topological polar surface area (TPSA) is 71.3 Å². The molecule has 1 N–H and O–H groups in total. The molecule has 7 heteroatoms. The fourth-order valence-electron chi connectivity index (χ4n) is 4.90. The van der Waals surface area contributed by atoms with Gasteiger partial charge in [0.25, 0.3) is 11.9 Å². The molecule has 1 saturated heterocycles. The zero-order valence-corrected chi connectivity index (χ0v) is 18.9. The molecule has 6 rings (SSSR count). The molecular formula is C25H24N4O2S. The van der Waals surface area contributed by atoms with E-state index >= 15 is 0 Å². The highest BCUT2D eigenvalue weighted by Crippen LogP contribution is 2.50. The molecule has 32 heavy (non-hydrogen) atoms. The van der Waals surface area contributed by atoms with E-state index in [0.29, 0.717) is 30.1 Å². The van der Waals surface area contributed by atoms with Crippen LogP contribution in [0.1, 0.15) is 27.5 Å². The quantitative estimate of drug-likeness (QED) is 0.461. The van der Waals surface area contributed by atoms with Gasteiger partial charge in [-0.25, -0.2) is 4.98 Å². The minimum absolute atomic E-state index is 0.0300. The van der Waals surface area contributed by atoms with Crippen molar-refractivity contribution in [2.24, 2.45) is 11.8 Å². The van der Waals surface area contributed by atoms with Crippen molar-refractivity contribution in [3.05, 3.63) is 64.8 Å². The van der Waals surface area contributed by atoms with Crippen LogP contribution in [0.3, 0.4) is 0 Å². The van der Waals surface area contributed by atoms with Crippen LogP contribution in [0, 0.1) is 25.7 Å². The van der Waals surface area contributed by atoms with E-state index in [0.717, 1.165) is 33.1 Å². The number of aryl methyl sites for hydroxylation is 2. The average molecular weight is 445 g/mol. The van der Waals surface area contributed by atoms with Gasteiger partial charge < -0.3 is 14.6 Å². The number of thiazole rings is 1. The molecule has 162 valence electrons. The summed E-state index contributed by atoms with van der Waals surface area (Å²) in [5, 5.41) is 4.25. The molecule has 2 fully saturated rings. The molecule has 2 aromatic heterocycles. The number of aromatic nitrogens is 2. The monoisotopic (exact) mass is 444 g/mol. The molecule has 2 aliphatic rings. The first-order valence-corrected chi connectivity index (χ1v) is 11.8. The lowest BCUT2D eigenvalue weighted by atomic mass is 10.1. The predicted octanol–water partition coefficient (Wildman–Crippen LogP) is 5.14. The number of anilines is 1. The molecule has 3 unspecified atom stereocenters. The predicted molar refractivity (Wildman–Crippen MR) is 126 cm³/mol. The second-order valence-electron chi connectivity index (χ2n) is 8.83. The van der Waals surface area contributed by atoms with Gasteiger partial charge in [-0.3, -0.25) is 4.79 Å². The first-order valence-electron chi connectivity index (χ1n) is 11.0. The van der Waals surface area contributed by atoms with Crippen molar-refractivity contribution in [1.82, 2.24) is 14.9 Å². The number of nitrogens with zero attached hydrogens (tertiary/aromatic N) is 3. The second kappa shape index (κ2) is 7.45. The Bertz CT molecular complexity index is 1290. The smallest absolute Gasteiger partial charge is 0.295 e. The Hall–Kier alpha value is -3.19. The lowest BCUT2D eigenvalue weighted by Gasteiger charge is -2.27. The van der Waals surface area contributed by atoms with Crippen LogP contribution >= 0.6 is 11.3 Å². The van der Waals surface area contributed by atoms with Crippen molar-refractivity contribution in [3.63, 3.8) is 0 Å². The number of rotatable bonds is 5. The summed E-state index contributed by atoms with van der Waals surface area (Å²) < 4.78 is 5.81. The fourth-order valence-corrected chi connectivity index (χ4v) is 5.80. The number of carbonyl (C=O) groups excluding carboxylic acids is 1. The van der Waals surface area contributed by atoms with Crippen molar-refractivity contribution in [2.75, 3.05) is 18.4 Å². The van der Waals surface area contributed by atoms with Gasteiger partial charge >= 0.3 is 0 Å². The summed E-state index contributed by atoms with van der Waals surface area (Å²) in [6.07, 6.45) is 1.19. The normalized spacial score (nSPS) is 21.7. The number of benzene rings is 2. The molecule has 1 aliphatic heterocycles. The van der Waals surface area contributed by atoms with Gasteiger partial charge in [0.1, 0.15) is 11.2 Å². The summed E-state index contributed by atoms with van der Waals surface area (Å²) in [4.78, 5) is 25.8. The molecule has 0 radical (unpaired) electrons. The van der Waals surface area contributed by atoms with Crippen molar-refractivity contribution in [1.29, 1.82) is 0 Å². The van der Waals surface area contributed by atoms with Gasteiger partial charge in [0.2, 0.25) is 0 Å². The standard InChI is InChI=1S/C25H24N4O2S/c1-14-6-5-7-16(10-14)23-22(27-15(2)32-23)24(30)29-13-17-11-18(17)20(29)12-26-25-28-19-8-3-4-9-21(19)31-25/h3-10,17-18,20H,11-13H2,1-2H3,(H,26,28). The van der Waals surface area contributed by atoms with E-state index in [4.69, 9.17) is 4.42 Å². The number of hydrogen-bond acceptors (Lipinski definition) is 6. The highest BCUT2D eigenvalue weighted by Gasteiger charge is 2.54. The number of para-hydroxylation sites is 2. The maximum atomic E-state index is 13.7. The molecule has 0 bridgehead atoms. The van der Waals surface area contributed by atoms with E-state index in [1.807, 2.05) is 42.2 Å². The summed E-state index contributed by atoms with van der Waals surface area (Å²) in [5.41, 5.74) is 4.41. The van der Waals surface area contributed by atoms with E-state index in [-0.39, 0.29) is 11.9 Å². The molecule has 4 aromatic rings. The van der Waals surface area contributed by atoms with Gasteiger partial charge in [-0.1, -0.05) is 42.0 Å². The lowest BCUT2D eigenvalue weighted by molar-refractivity contribution is 0.0710. The molecular weight excluding hydrogens is 420 g/mol. The van der Waals surface area contributed by atoms with Crippen molar-refractivity contribution in [2.45, 2.75) is 26.3 Å². The van der Waals surface area contributed by atoms with Crippen LogP contribution in [-0.4, -0.2) is 39.9 Å². The Kier molecular flexibility index (Phi) is 4.54. The van der Waals surface area contributed by atoms with Gasteiger partial charge in [0.05, 0.1) is 15.9 Å². The van der Waals surface area contributed by atoms with Gasteiger partial charge in [-0.2, -0.15) is 4.98 Å². The zero-order valence-electron chi connectivity index (χ0n) is 18.0. The van der Waals surface area contributed by atoms with Crippen LogP contribution in [0.4, 0.5) is 6.01 Å². The van der Waals surface area contributed by atoms with Crippen LogP contribution in [0.15, 0.2) is 52.9 Å². The number of likely N-dealkylation sites (tertiary alicyclic amines) is 1. The SMILES string of the molecule is Cc1cccc(-c2sc(C)nc2C(=O)N2CC3CC3C2CNc2nc3ccccc3o2)c1. The van der Waals surface area contributed by atoms with E-state index in [9.17, 15) is 4.79 Å². The maximum absolute atomic E-state index is 13.7. The van der Waals surface area contributed by atoms with Crippen LogP contribution in [0.5, 0.6) is 0 Å². The highest BCUT2D eigenvalue weighted by atomic mass is 32.1. The first-order chi connectivity index (χ1) is 15.6. The Balaban J connectivity index is 1.25. The van der Waals surface area contributed by atoms with E-state index in [2.05, 4.69) is 40.4 Å². The summed E-state index contributed by atoms with van der Waals surface area (Å²) in [7, 11) is 0. The molecule has 1 saturated carbocycles. The van der Waals surface area contributed by atoms with Crippen LogP contribution < -0.4 is 5.32 Å². The highest BCUT2D eigenvalue weighted by molar-refractivity contribution is 7.15. The van der Waals surface area contributed by atoms with Gasteiger partial charge in [-0.05, 0) is 49.8 Å². The van der Waals surface area contributed by atoms with Crippen molar-refractivity contribution in [3.8, 4) is 10.4 Å². The van der Waals surface area contributed by atoms with Crippen molar-refractivity contribution >= 4 is 34.4 Å². The molecule has 0 spiro atoms. The summed E-state index contributed by atoms with van der Waals surface area (Å²) in [6.45, 7) is 5.46. The Morgan fingerprint density at radius 2 is 2.06 bits per heavy atom. The number of nitrogens with one attached hydrogen (secondary N) is 1. The third-order valence-electron chi connectivity index (χ3n) is 6.54. The summed E-state index contributed by atoms with van der Waals surface area (Å²) in [5.74, 6) is 1.16. The third-order valence-corrected chi connectivity index (χ3v) is 7.56.